The van der Waals surface area contributed by atoms with Crippen LogP contribution in [0.25, 0.3) is 21.8 Å². The molecule has 11 N–H and O–H groups in total. The molecule has 0 fully saturated rings. The first kappa shape index (κ1) is 31.7. The van der Waals surface area contributed by atoms with Crippen molar-refractivity contribution in [2.24, 2.45) is 11.5 Å². The van der Waals surface area contributed by atoms with Crippen LogP contribution in [0.15, 0.2) is 60.9 Å². The van der Waals surface area contributed by atoms with E-state index in [0.29, 0.717) is 11.1 Å². The van der Waals surface area contributed by atoms with E-state index in [9.17, 15) is 34.2 Å². The Morgan fingerprint density at radius 3 is 1.70 bits per heavy atom. The van der Waals surface area contributed by atoms with Gasteiger partial charge in [0.05, 0.1) is 12.5 Å². The number of carboxylic acids is 1. The molecule has 4 rings (SSSR count). The van der Waals surface area contributed by atoms with Crippen molar-refractivity contribution < 1.29 is 34.2 Å². The molecule has 2 heterocycles. The number of carboxylic acid groups (broad SMARTS) is 1. The lowest BCUT2D eigenvalue weighted by Gasteiger charge is -2.25. The van der Waals surface area contributed by atoms with Crippen LogP contribution in [-0.2, 0) is 36.8 Å². The zero-order chi connectivity index (χ0) is 32.0. The number of fused-ring (bicyclic) bond motifs is 2. The monoisotopic (exact) mass is 605 g/mol. The van der Waals surface area contributed by atoms with Crippen LogP contribution in [0.5, 0.6) is 0 Å². The Labute approximate surface area is 251 Å². The van der Waals surface area contributed by atoms with E-state index in [-0.39, 0.29) is 12.8 Å². The number of para-hydroxylation sites is 2. The molecule has 4 aromatic rings. The van der Waals surface area contributed by atoms with Gasteiger partial charge in [-0.1, -0.05) is 36.4 Å². The highest BCUT2D eigenvalue weighted by molar-refractivity contribution is 5.97. The molecule has 0 aliphatic carbocycles. The van der Waals surface area contributed by atoms with E-state index in [0.717, 1.165) is 21.8 Å². The number of hydrogen-bond donors (Lipinski definition) is 9. The smallest absolute Gasteiger partial charge is 0.326 e. The summed E-state index contributed by atoms with van der Waals surface area (Å²) in [6, 6.07) is 9.01. The maximum Gasteiger partial charge on any atom is 0.326 e. The predicted molar refractivity (Wildman–Crippen MR) is 161 cm³/mol. The van der Waals surface area contributed by atoms with E-state index in [1.165, 1.54) is 6.92 Å². The number of nitrogens with two attached hydrogens (primary N) is 2. The van der Waals surface area contributed by atoms with Gasteiger partial charge in [-0.05, 0) is 30.2 Å². The minimum absolute atomic E-state index is 0.0452. The Balaban J connectivity index is 1.60. The number of benzene rings is 2. The summed E-state index contributed by atoms with van der Waals surface area (Å²) in [5.41, 5.74) is 13.9. The second kappa shape index (κ2) is 13.8. The lowest BCUT2D eigenvalue weighted by Crippen LogP contribution is -2.59. The van der Waals surface area contributed by atoms with Gasteiger partial charge in [-0.2, -0.15) is 0 Å². The number of carbonyl (C=O) groups is 5. The van der Waals surface area contributed by atoms with Crippen LogP contribution in [0, 0.1) is 0 Å². The summed E-state index contributed by atoms with van der Waals surface area (Å²) in [5.74, 6) is -4.85. The van der Waals surface area contributed by atoms with E-state index in [1.54, 1.807) is 18.5 Å². The van der Waals surface area contributed by atoms with Gasteiger partial charge < -0.3 is 47.6 Å². The first-order chi connectivity index (χ1) is 20.9. The molecule has 5 unspecified atom stereocenters. The molecule has 232 valence electrons. The van der Waals surface area contributed by atoms with Gasteiger partial charge in [0, 0.05) is 47.0 Å². The standard InChI is InChI=1S/C30H35N7O7/c1-15(38)26(32)29(42)36-23(12-25(31)39)28(41)35-22(10-16-13-33-20-8-4-2-6-18(16)20)27(40)37-24(30(43)44)11-17-14-34-21-9-5-3-7-19(17)21/h2-9,13-15,22-24,26,33-34,38H,10-12,32H2,1H3,(H2,31,39)(H,35,41)(H,36,42)(H,37,40)(H,43,44). The number of hydrogen-bond acceptors (Lipinski definition) is 7. The van der Waals surface area contributed by atoms with Crippen LogP contribution in [0.2, 0.25) is 0 Å². The maximum absolute atomic E-state index is 13.7. The number of aromatic nitrogens is 2. The quantitative estimate of drug-likeness (QED) is 0.0909. The molecule has 44 heavy (non-hydrogen) atoms. The maximum atomic E-state index is 13.7. The summed E-state index contributed by atoms with van der Waals surface area (Å²) < 4.78 is 0. The number of carbonyl (C=O) groups excluding carboxylic acids is 4. The highest BCUT2D eigenvalue weighted by atomic mass is 16.4. The number of primary amides is 1. The van der Waals surface area contributed by atoms with Gasteiger partial charge >= 0.3 is 5.97 Å². The second-order valence-corrected chi connectivity index (χ2v) is 10.6. The molecule has 0 saturated carbocycles. The largest absolute Gasteiger partial charge is 0.480 e. The van der Waals surface area contributed by atoms with Crippen molar-refractivity contribution in [3.05, 3.63) is 72.1 Å². The van der Waals surface area contributed by atoms with E-state index >= 15 is 0 Å². The fourth-order valence-corrected chi connectivity index (χ4v) is 4.89. The second-order valence-electron chi connectivity index (χ2n) is 10.6. The Morgan fingerprint density at radius 1 is 0.750 bits per heavy atom. The van der Waals surface area contributed by atoms with Gasteiger partial charge in [0.25, 0.3) is 0 Å². The van der Waals surface area contributed by atoms with Gasteiger partial charge in [0.1, 0.15) is 24.2 Å². The van der Waals surface area contributed by atoms with Crippen molar-refractivity contribution in [2.45, 2.75) is 56.5 Å². The predicted octanol–water partition coefficient (Wildman–Crippen LogP) is -0.443. The minimum atomic E-state index is -1.52. The zero-order valence-corrected chi connectivity index (χ0v) is 23.9. The van der Waals surface area contributed by atoms with Gasteiger partial charge in [-0.15, -0.1) is 0 Å². The van der Waals surface area contributed by atoms with Gasteiger partial charge in [0.2, 0.25) is 23.6 Å². The van der Waals surface area contributed by atoms with E-state index in [1.807, 2.05) is 42.5 Å². The van der Waals surface area contributed by atoms with Crippen LogP contribution in [0.3, 0.4) is 0 Å². The average molecular weight is 606 g/mol. The van der Waals surface area contributed by atoms with Crippen molar-refractivity contribution in [2.75, 3.05) is 0 Å². The Hall–Kier alpha value is -5.21. The first-order valence-corrected chi connectivity index (χ1v) is 13.9. The summed E-state index contributed by atoms with van der Waals surface area (Å²) >= 11 is 0. The minimum Gasteiger partial charge on any atom is -0.480 e. The highest BCUT2D eigenvalue weighted by Crippen LogP contribution is 2.21. The summed E-state index contributed by atoms with van der Waals surface area (Å²) in [6.45, 7) is 1.28. The molecule has 0 spiro atoms. The highest BCUT2D eigenvalue weighted by Gasteiger charge is 2.32. The molecule has 0 radical (unpaired) electrons. The Bertz CT molecular complexity index is 1680. The molecule has 0 bridgehead atoms. The summed E-state index contributed by atoms with van der Waals surface area (Å²) in [6.07, 6.45) is 1.36. The third-order valence-corrected chi connectivity index (χ3v) is 7.31. The number of aliphatic carboxylic acids is 1. The normalized spacial score (nSPS) is 14.7. The molecule has 2 aromatic carbocycles. The topological polar surface area (TPSA) is 246 Å². The SMILES string of the molecule is CC(O)C(N)C(=O)NC(CC(N)=O)C(=O)NC(Cc1c[nH]c2ccccc12)C(=O)NC(Cc1c[nH]c2ccccc12)C(=O)O. The third-order valence-electron chi connectivity index (χ3n) is 7.31. The van der Waals surface area contributed by atoms with E-state index in [4.69, 9.17) is 11.5 Å². The molecule has 2 aromatic heterocycles. The number of aliphatic hydroxyl groups is 1. The lowest BCUT2D eigenvalue weighted by atomic mass is 10.0. The first-order valence-electron chi connectivity index (χ1n) is 13.9. The van der Waals surface area contributed by atoms with E-state index in [2.05, 4.69) is 25.9 Å². The molecule has 14 nitrogen and oxygen atoms in total. The molecule has 4 amide bonds. The zero-order valence-electron chi connectivity index (χ0n) is 23.9. The number of nitrogens with one attached hydrogen (secondary N) is 5. The number of aromatic amines is 2. The van der Waals surface area contributed by atoms with Crippen LogP contribution in [0.1, 0.15) is 24.5 Å². The lowest BCUT2D eigenvalue weighted by molar-refractivity contribution is -0.142. The Kier molecular flexibility index (Phi) is 9.98. The molecule has 14 heteroatoms. The van der Waals surface area contributed by atoms with Gasteiger partial charge in [-0.25, -0.2) is 4.79 Å². The van der Waals surface area contributed by atoms with Crippen molar-refractivity contribution in [3.8, 4) is 0 Å². The van der Waals surface area contributed by atoms with Crippen molar-refractivity contribution in [3.63, 3.8) is 0 Å². The van der Waals surface area contributed by atoms with Gasteiger partial charge in [0.15, 0.2) is 0 Å². The van der Waals surface area contributed by atoms with Crippen molar-refractivity contribution >= 4 is 51.4 Å². The summed E-state index contributed by atoms with van der Waals surface area (Å²) in [4.78, 5) is 69.7. The number of H-pyrrole nitrogens is 2. The number of rotatable bonds is 14. The third kappa shape index (κ3) is 7.59. The van der Waals surface area contributed by atoms with Crippen molar-refractivity contribution in [1.29, 1.82) is 0 Å². The van der Waals surface area contributed by atoms with Crippen LogP contribution >= 0.6 is 0 Å². The molecule has 0 aliphatic rings. The summed E-state index contributed by atoms with van der Waals surface area (Å²) in [7, 11) is 0. The molecule has 0 saturated heterocycles. The van der Waals surface area contributed by atoms with Crippen LogP contribution < -0.4 is 27.4 Å². The summed E-state index contributed by atoms with van der Waals surface area (Å²) in [5, 5.41) is 28.6. The molecular formula is C30H35N7O7. The van der Waals surface area contributed by atoms with Gasteiger partial charge in [-0.3, -0.25) is 19.2 Å². The Morgan fingerprint density at radius 2 is 1.20 bits per heavy atom. The fraction of sp³-hybridized carbons (Fsp3) is 0.300. The van der Waals surface area contributed by atoms with Crippen molar-refractivity contribution in [1.82, 2.24) is 25.9 Å². The molecular weight excluding hydrogens is 570 g/mol. The average Bonchev–Trinajstić information content (AvgIpc) is 3.59. The molecule has 0 aliphatic heterocycles. The van der Waals surface area contributed by atoms with Crippen LogP contribution in [-0.4, -0.2) is 80.1 Å². The number of amides is 4. The van der Waals surface area contributed by atoms with Crippen LogP contribution in [0.4, 0.5) is 0 Å². The fourth-order valence-electron chi connectivity index (χ4n) is 4.89. The molecule has 5 atom stereocenters. The number of aliphatic hydroxyl groups excluding tert-OH is 1. The van der Waals surface area contributed by atoms with E-state index < -0.39 is 66.3 Å².